The minimum absolute atomic E-state index is 0.0102. The van der Waals surface area contributed by atoms with Crippen molar-refractivity contribution in [2.75, 3.05) is 5.32 Å². The molecule has 12 heteroatoms. The average molecular weight is 491 g/mol. The second-order valence-electron chi connectivity index (χ2n) is 7.53. The molecule has 4 aromatic rings. The molecule has 0 radical (unpaired) electrons. The Hall–Kier alpha value is -3.80. The average Bonchev–Trinajstić information content (AvgIpc) is 3.23. The fraction of sp³-hybridized carbons (Fsp3) is 0.182. The molecule has 0 fully saturated rings. The normalized spacial score (nSPS) is 11.7. The standard InChI is InChI=1S/C22H17F4N5O2S/c1-9-15(10(2)31(3)30-9)20(33)29-17-16-13(11-4-6-12(23)7-5-11)8-14(22(24,25)26)28-21(16)34-18(17)19(27)32/h4-8H,1-3H3,(H2,27,32)(H,29,33). The number of primary amides is 1. The van der Waals surface area contributed by atoms with Crippen LogP contribution < -0.4 is 11.1 Å². The molecule has 2 amide bonds. The number of benzene rings is 1. The van der Waals surface area contributed by atoms with Gasteiger partial charge in [0.1, 0.15) is 21.2 Å². The van der Waals surface area contributed by atoms with Gasteiger partial charge < -0.3 is 11.1 Å². The van der Waals surface area contributed by atoms with E-state index in [-0.39, 0.29) is 37.5 Å². The van der Waals surface area contributed by atoms with E-state index in [2.05, 4.69) is 15.4 Å². The molecule has 0 bridgehead atoms. The number of halogens is 4. The Bertz CT molecular complexity index is 1460. The lowest BCUT2D eigenvalue weighted by Gasteiger charge is -2.12. The first kappa shape index (κ1) is 23.4. The summed E-state index contributed by atoms with van der Waals surface area (Å²) in [5.74, 6) is -2.14. The van der Waals surface area contributed by atoms with Gasteiger partial charge in [0.05, 0.1) is 16.9 Å². The maximum absolute atomic E-state index is 13.6. The summed E-state index contributed by atoms with van der Waals surface area (Å²) in [6, 6.07) is 5.58. The number of hydrogen-bond acceptors (Lipinski definition) is 5. The van der Waals surface area contributed by atoms with Gasteiger partial charge in [0.25, 0.3) is 11.8 Å². The summed E-state index contributed by atoms with van der Waals surface area (Å²) in [6.07, 6.45) is -4.78. The highest BCUT2D eigenvalue weighted by Gasteiger charge is 2.35. The maximum atomic E-state index is 13.6. The first-order chi connectivity index (χ1) is 15.9. The third-order valence-corrected chi connectivity index (χ3v) is 6.40. The van der Waals surface area contributed by atoms with Crippen LogP contribution in [0.25, 0.3) is 21.3 Å². The Morgan fingerprint density at radius 3 is 2.32 bits per heavy atom. The molecule has 7 nitrogen and oxygen atoms in total. The van der Waals surface area contributed by atoms with Crippen LogP contribution in [0.5, 0.6) is 0 Å². The van der Waals surface area contributed by atoms with E-state index in [1.54, 1.807) is 20.9 Å². The van der Waals surface area contributed by atoms with E-state index >= 15 is 0 Å². The van der Waals surface area contributed by atoms with Gasteiger partial charge in [-0.3, -0.25) is 14.3 Å². The Labute approximate surface area is 194 Å². The third kappa shape index (κ3) is 4.00. The fourth-order valence-electron chi connectivity index (χ4n) is 3.67. The van der Waals surface area contributed by atoms with Crippen molar-refractivity contribution >= 4 is 39.1 Å². The monoisotopic (exact) mass is 491 g/mol. The Kier molecular flexibility index (Phi) is 5.64. The molecule has 4 rings (SSSR count). The van der Waals surface area contributed by atoms with Crippen molar-refractivity contribution in [3.63, 3.8) is 0 Å². The van der Waals surface area contributed by atoms with Crippen LogP contribution in [0.2, 0.25) is 0 Å². The van der Waals surface area contributed by atoms with Gasteiger partial charge in [-0.25, -0.2) is 9.37 Å². The van der Waals surface area contributed by atoms with Crippen molar-refractivity contribution in [2.24, 2.45) is 12.8 Å². The van der Waals surface area contributed by atoms with Crippen LogP contribution in [0.4, 0.5) is 23.2 Å². The SMILES string of the molecule is Cc1nn(C)c(C)c1C(=O)Nc1c(C(N)=O)sc2nc(C(F)(F)F)cc(-c3ccc(F)cc3)c12. The number of pyridine rings is 1. The predicted octanol–water partition coefficient (Wildman–Crippen LogP) is 4.82. The number of amides is 2. The number of nitrogens with one attached hydrogen (secondary N) is 1. The Balaban J connectivity index is 2.00. The summed E-state index contributed by atoms with van der Waals surface area (Å²) < 4.78 is 55.7. The van der Waals surface area contributed by atoms with Gasteiger partial charge in [0.2, 0.25) is 0 Å². The van der Waals surface area contributed by atoms with Gasteiger partial charge in [-0.15, -0.1) is 11.3 Å². The number of fused-ring (bicyclic) bond motifs is 1. The number of nitrogens with zero attached hydrogens (tertiary/aromatic N) is 3. The van der Waals surface area contributed by atoms with Crippen molar-refractivity contribution in [1.29, 1.82) is 0 Å². The van der Waals surface area contributed by atoms with Crippen LogP contribution in [0.15, 0.2) is 30.3 Å². The molecule has 0 saturated heterocycles. The zero-order chi connectivity index (χ0) is 24.9. The molecule has 176 valence electrons. The summed E-state index contributed by atoms with van der Waals surface area (Å²) in [5.41, 5.74) is 5.69. The summed E-state index contributed by atoms with van der Waals surface area (Å²) in [6.45, 7) is 3.31. The summed E-state index contributed by atoms with van der Waals surface area (Å²) >= 11 is 0.630. The van der Waals surface area contributed by atoms with Crippen LogP contribution in [0, 0.1) is 19.7 Å². The van der Waals surface area contributed by atoms with E-state index in [9.17, 15) is 27.2 Å². The number of hydrogen-bond donors (Lipinski definition) is 2. The topological polar surface area (TPSA) is 103 Å². The quantitative estimate of drug-likeness (QED) is 0.400. The third-order valence-electron chi connectivity index (χ3n) is 5.31. The van der Waals surface area contributed by atoms with Crippen molar-refractivity contribution in [1.82, 2.24) is 14.8 Å². The predicted molar refractivity (Wildman–Crippen MR) is 119 cm³/mol. The Morgan fingerprint density at radius 2 is 1.79 bits per heavy atom. The lowest BCUT2D eigenvalue weighted by atomic mass is 10.0. The molecular formula is C22H17F4N5O2S. The number of aromatic nitrogens is 3. The molecule has 0 atom stereocenters. The molecule has 3 N–H and O–H groups in total. The van der Waals surface area contributed by atoms with Gasteiger partial charge in [-0.2, -0.15) is 18.3 Å². The number of carbonyl (C=O) groups is 2. The fourth-order valence-corrected chi connectivity index (χ4v) is 4.68. The highest BCUT2D eigenvalue weighted by atomic mass is 32.1. The van der Waals surface area contributed by atoms with E-state index in [1.165, 1.54) is 16.8 Å². The number of carbonyl (C=O) groups excluding carboxylic acids is 2. The molecule has 0 aliphatic heterocycles. The van der Waals surface area contributed by atoms with E-state index in [0.717, 1.165) is 18.2 Å². The van der Waals surface area contributed by atoms with E-state index in [4.69, 9.17) is 5.73 Å². The first-order valence-corrected chi connectivity index (χ1v) is 10.6. The molecule has 3 aromatic heterocycles. The molecule has 0 aliphatic rings. The molecule has 1 aromatic carbocycles. The molecule has 0 spiro atoms. The van der Waals surface area contributed by atoms with Crippen molar-refractivity contribution in [3.8, 4) is 11.1 Å². The van der Waals surface area contributed by atoms with E-state index in [1.807, 2.05) is 0 Å². The highest BCUT2D eigenvalue weighted by molar-refractivity contribution is 7.21. The van der Waals surface area contributed by atoms with E-state index in [0.29, 0.717) is 22.7 Å². The number of thiophene rings is 1. The van der Waals surface area contributed by atoms with E-state index < -0.39 is 29.5 Å². The van der Waals surface area contributed by atoms with Gasteiger partial charge in [-0.05, 0) is 43.2 Å². The first-order valence-electron chi connectivity index (χ1n) is 9.80. The van der Waals surface area contributed by atoms with Crippen molar-refractivity contribution < 1.29 is 27.2 Å². The number of anilines is 1. The summed E-state index contributed by atoms with van der Waals surface area (Å²) in [7, 11) is 1.66. The Morgan fingerprint density at radius 1 is 1.15 bits per heavy atom. The number of rotatable bonds is 4. The molecule has 0 aliphatic carbocycles. The smallest absolute Gasteiger partial charge is 0.365 e. The maximum Gasteiger partial charge on any atom is 0.433 e. The molecule has 34 heavy (non-hydrogen) atoms. The lowest BCUT2D eigenvalue weighted by Crippen LogP contribution is -2.18. The minimum Gasteiger partial charge on any atom is -0.365 e. The second-order valence-corrected chi connectivity index (χ2v) is 8.53. The largest absolute Gasteiger partial charge is 0.433 e. The van der Waals surface area contributed by atoms with Crippen LogP contribution >= 0.6 is 11.3 Å². The van der Waals surface area contributed by atoms with Gasteiger partial charge in [-0.1, -0.05) is 12.1 Å². The second kappa shape index (κ2) is 8.20. The van der Waals surface area contributed by atoms with Gasteiger partial charge >= 0.3 is 6.18 Å². The summed E-state index contributed by atoms with van der Waals surface area (Å²) in [5, 5.41) is 6.90. The van der Waals surface area contributed by atoms with Gasteiger partial charge in [0.15, 0.2) is 0 Å². The molecular weight excluding hydrogens is 474 g/mol. The van der Waals surface area contributed by atoms with Crippen LogP contribution in [-0.2, 0) is 13.2 Å². The van der Waals surface area contributed by atoms with Crippen LogP contribution in [0.3, 0.4) is 0 Å². The van der Waals surface area contributed by atoms with Gasteiger partial charge in [0, 0.05) is 18.1 Å². The van der Waals surface area contributed by atoms with Crippen molar-refractivity contribution in [3.05, 3.63) is 63.7 Å². The highest BCUT2D eigenvalue weighted by Crippen LogP contribution is 2.43. The van der Waals surface area contributed by atoms with Crippen LogP contribution in [-0.4, -0.2) is 26.6 Å². The molecule has 0 saturated carbocycles. The van der Waals surface area contributed by atoms with Crippen molar-refractivity contribution in [2.45, 2.75) is 20.0 Å². The minimum atomic E-state index is -4.78. The summed E-state index contributed by atoms with van der Waals surface area (Å²) in [4.78, 5) is 28.7. The zero-order valence-electron chi connectivity index (χ0n) is 18.0. The number of alkyl halides is 3. The number of nitrogens with two attached hydrogens (primary N) is 1. The molecule has 3 heterocycles. The molecule has 0 unspecified atom stereocenters. The lowest BCUT2D eigenvalue weighted by molar-refractivity contribution is -0.140. The van der Waals surface area contributed by atoms with Crippen LogP contribution in [0.1, 0.15) is 37.1 Å². The number of aryl methyl sites for hydroxylation is 2. The zero-order valence-corrected chi connectivity index (χ0v) is 18.9.